The van der Waals surface area contributed by atoms with Crippen molar-refractivity contribution >= 4 is 34.6 Å². The van der Waals surface area contributed by atoms with Gasteiger partial charge in [-0.25, -0.2) is 19.9 Å². The Morgan fingerprint density at radius 1 is 0.316 bits per heavy atom. The lowest BCUT2D eigenvalue weighted by atomic mass is 10.0. The number of aromatic nitrogens is 4. The molecule has 0 saturated carbocycles. The lowest BCUT2D eigenvalue weighted by Gasteiger charge is -2.23. The van der Waals surface area contributed by atoms with E-state index in [2.05, 4.69) is 92.7 Å². The predicted octanol–water partition coefficient (Wildman–Crippen LogP) is 7.87. The highest BCUT2D eigenvalue weighted by atomic mass is 15.3. The number of para-hydroxylation sites is 2. The first-order chi connectivity index (χ1) is 18.9. The van der Waals surface area contributed by atoms with E-state index < -0.39 is 0 Å². The molecule has 0 aliphatic rings. The van der Waals surface area contributed by atoms with Crippen molar-refractivity contribution in [2.24, 2.45) is 0 Å². The highest BCUT2D eigenvalue weighted by Gasteiger charge is 2.16. The molecule has 0 aliphatic carbocycles. The van der Waals surface area contributed by atoms with E-state index in [0.717, 1.165) is 33.9 Å². The van der Waals surface area contributed by atoms with Gasteiger partial charge in [-0.1, -0.05) is 60.7 Å². The average Bonchev–Trinajstić information content (AvgIpc) is 3.00. The van der Waals surface area contributed by atoms with Gasteiger partial charge in [0.05, 0.1) is 0 Å². The number of benzene rings is 4. The average molecular weight is 493 g/mol. The molecule has 0 amide bonds. The van der Waals surface area contributed by atoms with Crippen LogP contribution in [-0.2, 0) is 0 Å². The second-order valence-corrected chi connectivity index (χ2v) is 8.53. The van der Waals surface area contributed by atoms with Crippen LogP contribution in [-0.4, -0.2) is 19.9 Å². The van der Waals surface area contributed by atoms with Crippen LogP contribution in [0.2, 0.25) is 0 Å². The second kappa shape index (κ2) is 10.7. The third-order valence-electron chi connectivity index (χ3n) is 6.12. The van der Waals surface area contributed by atoms with Crippen molar-refractivity contribution in [3.05, 3.63) is 146 Å². The Morgan fingerprint density at radius 3 is 0.974 bits per heavy atom. The fourth-order valence-electron chi connectivity index (χ4n) is 4.33. The van der Waals surface area contributed by atoms with Crippen molar-refractivity contribution in [2.45, 2.75) is 0 Å². The summed E-state index contributed by atoms with van der Waals surface area (Å²) in [6.07, 6.45) is 7.03. The molecule has 0 saturated heterocycles. The van der Waals surface area contributed by atoms with Crippen molar-refractivity contribution in [1.29, 1.82) is 0 Å². The van der Waals surface area contributed by atoms with Gasteiger partial charge in [0.15, 0.2) is 0 Å². The van der Waals surface area contributed by atoms with Crippen molar-refractivity contribution < 1.29 is 0 Å². The van der Waals surface area contributed by atoms with Crippen LogP contribution in [0, 0.1) is 0 Å². The number of rotatable bonds is 7. The van der Waals surface area contributed by atoms with Crippen molar-refractivity contribution in [1.82, 2.24) is 19.9 Å². The van der Waals surface area contributed by atoms with E-state index in [9.17, 15) is 0 Å². The summed E-state index contributed by atoms with van der Waals surface area (Å²) in [4.78, 5) is 22.0. The third-order valence-corrected chi connectivity index (χ3v) is 6.12. The Labute approximate surface area is 221 Å². The maximum absolute atomic E-state index is 4.49. The Hall–Kier alpha value is -5.36. The Morgan fingerprint density at radius 2 is 0.632 bits per heavy atom. The lowest BCUT2D eigenvalue weighted by Crippen LogP contribution is -2.13. The molecule has 38 heavy (non-hydrogen) atoms. The number of hydrogen-bond donors (Lipinski definition) is 0. The smallest absolute Gasteiger partial charge is 0.234 e. The largest absolute Gasteiger partial charge is 0.279 e. The zero-order chi connectivity index (χ0) is 25.6. The van der Waals surface area contributed by atoms with Crippen molar-refractivity contribution in [3.8, 4) is 11.1 Å². The van der Waals surface area contributed by atoms with Gasteiger partial charge >= 0.3 is 0 Å². The fourth-order valence-corrected chi connectivity index (χ4v) is 4.33. The van der Waals surface area contributed by atoms with Gasteiger partial charge in [-0.05, 0) is 71.8 Å². The van der Waals surface area contributed by atoms with Gasteiger partial charge in [-0.3, -0.25) is 9.80 Å². The summed E-state index contributed by atoms with van der Waals surface area (Å²) in [7, 11) is 0. The van der Waals surface area contributed by atoms with Crippen LogP contribution in [0.4, 0.5) is 34.6 Å². The Bertz CT molecular complexity index is 1370. The van der Waals surface area contributed by atoms with Crippen LogP contribution in [0.5, 0.6) is 0 Å². The molecule has 0 bridgehead atoms. The predicted molar refractivity (Wildman–Crippen MR) is 152 cm³/mol. The quantitative estimate of drug-likeness (QED) is 0.226. The molecular formula is C32H24N6. The van der Waals surface area contributed by atoms with E-state index in [0.29, 0.717) is 11.9 Å². The summed E-state index contributed by atoms with van der Waals surface area (Å²) in [5.41, 5.74) is 6.20. The standard InChI is InChI=1S/C32H24N6/c1-3-9-27(10-4-1)37(31-33-21-7-22-34-31)29-17-13-25(14-18-29)26-15-19-30(20-16-26)38(28-11-5-2-6-12-28)32-35-23-8-24-36-32/h1-24H. The van der Waals surface area contributed by atoms with E-state index in [1.54, 1.807) is 24.8 Å². The Kier molecular flexibility index (Phi) is 6.51. The summed E-state index contributed by atoms with van der Waals surface area (Å²) in [5.74, 6) is 1.25. The van der Waals surface area contributed by atoms with E-state index in [4.69, 9.17) is 0 Å². The molecule has 0 aliphatic heterocycles. The summed E-state index contributed by atoms with van der Waals surface area (Å²) in [6, 6.07) is 40.8. The molecule has 0 N–H and O–H groups in total. The molecule has 182 valence electrons. The molecule has 6 aromatic rings. The minimum absolute atomic E-state index is 0.625. The van der Waals surface area contributed by atoms with E-state index in [-0.39, 0.29) is 0 Å². The summed E-state index contributed by atoms with van der Waals surface area (Å²) >= 11 is 0. The van der Waals surface area contributed by atoms with Crippen molar-refractivity contribution in [3.63, 3.8) is 0 Å². The lowest BCUT2D eigenvalue weighted by molar-refractivity contribution is 1.08. The first-order valence-corrected chi connectivity index (χ1v) is 12.3. The van der Waals surface area contributed by atoms with Crippen LogP contribution in [0.1, 0.15) is 0 Å². The van der Waals surface area contributed by atoms with Gasteiger partial charge in [0.25, 0.3) is 0 Å². The normalized spacial score (nSPS) is 10.6. The minimum Gasteiger partial charge on any atom is -0.279 e. The molecule has 2 aromatic heterocycles. The van der Waals surface area contributed by atoms with Gasteiger partial charge in [0.2, 0.25) is 11.9 Å². The highest BCUT2D eigenvalue weighted by Crippen LogP contribution is 2.35. The van der Waals surface area contributed by atoms with E-state index in [1.165, 1.54) is 0 Å². The van der Waals surface area contributed by atoms with Crippen LogP contribution in [0.3, 0.4) is 0 Å². The highest BCUT2D eigenvalue weighted by molar-refractivity contribution is 5.77. The van der Waals surface area contributed by atoms with Crippen LogP contribution in [0.25, 0.3) is 11.1 Å². The zero-order valence-electron chi connectivity index (χ0n) is 20.5. The molecule has 0 radical (unpaired) electrons. The summed E-state index contributed by atoms with van der Waals surface area (Å²) in [6.45, 7) is 0. The molecule has 6 heteroatoms. The first-order valence-electron chi connectivity index (χ1n) is 12.3. The maximum Gasteiger partial charge on any atom is 0.234 e. The third kappa shape index (κ3) is 4.83. The summed E-state index contributed by atoms with van der Waals surface area (Å²) in [5, 5.41) is 0. The number of hydrogen-bond acceptors (Lipinski definition) is 6. The van der Waals surface area contributed by atoms with Crippen LogP contribution < -0.4 is 9.80 Å². The molecule has 0 spiro atoms. The van der Waals surface area contributed by atoms with Gasteiger partial charge in [-0.15, -0.1) is 0 Å². The molecule has 4 aromatic carbocycles. The van der Waals surface area contributed by atoms with E-state index >= 15 is 0 Å². The molecule has 6 rings (SSSR count). The SMILES string of the molecule is c1ccc(N(c2ccc(-c3ccc(N(c4ccccc4)c4ncccn4)cc3)cc2)c2ncccn2)cc1. The monoisotopic (exact) mass is 492 g/mol. The van der Waals surface area contributed by atoms with Crippen LogP contribution >= 0.6 is 0 Å². The molecule has 0 fully saturated rings. The van der Waals surface area contributed by atoms with Gasteiger partial charge in [0, 0.05) is 47.5 Å². The molecule has 0 atom stereocenters. The first kappa shape index (κ1) is 23.1. The maximum atomic E-state index is 4.49. The van der Waals surface area contributed by atoms with Crippen molar-refractivity contribution in [2.75, 3.05) is 9.80 Å². The fraction of sp³-hybridized carbons (Fsp3) is 0. The zero-order valence-corrected chi connectivity index (χ0v) is 20.5. The molecule has 6 nitrogen and oxygen atoms in total. The minimum atomic E-state index is 0.625. The van der Waals surface area contributed by atoms with E-state index in [1.807, 2.05) is 58.3 Å². The molecule has 2 heterocycles. The molecular weight excluding hydrogens is 468 g/mol. The summed E-state index contributed by atoms with van der Waals surface area (Å²) < 4.78 is 0. The van der Waals surface area contributed by atoms with Gasteiger partial charge < -0.3 is 0 Å². The number of nitrogens with zero attached hydrogens (tertiary/aromatic N) is 6. The van der Waals surface area contributed by atoms with Gasteiger partial charge in [0.1, 0.15) is 0 Å². The Balaban J connectivity index is 1.31. The topological polar surface area (TPSA) is 58.0 Å². The second-order valence-electron chi connectivity index (χ2n) is 8.53. The number of anilines is 6. The van der Waals surface area contributed by atoms with Gasteiger partial charge in [-0.2, -0.15) is 0 Å². The van der Waals surface area contributed by atoms with Crippen LogP contribution in [0.15, 0.2) is 146 Å². The molecule has 0 unspecified atom stereocenters.